The van der Waals surface area contributed by atoms with Gasteiger partial charge in [0.05, 0.1) is 12.0 Å². The van der Waals surface area contributed by atoms with E-state index in [2.05, 4.69) is 0 Å². The molecular weight excluding hydrogens is 200 g/mol. The van der Waals surface area contributed by atoms with E-state index in [1.54, 1.807) is 12.1 Å². The molecule has 0 aliphatic heterocycles. The maximum atomic E-state index is 11.4. The smallest absolute Gasteiger partial charge is 0.210 e. The van der Waals surface area contributed by atoms with E-state index in [9.17, 15) is 9.00 Å². The van der Waals surface area contributed by atoms with Crippen LogP contribution in [0.25, 0.3) is 0 Å². The highest BCUT2D eigenvalue weighted by Crippen LogP contribution is 2.03. The highest BCUT2D eigenvalue weighted by Gasteiger charge is 2.12. The molecule has 0 bridgehead atoms. The first-order valence-corrected chi connectivity index (χ1v) is 6.14. The highest BCUT2D eigenvalue weighted by atomic mass is 32.2. The lowest BCUT2D eigenvalue weighted by atomic mass is 10.3. The van der Waals surface area contributed by atoms with Gasteiger partial charge in [0.25, 0.3) is 0 Å². The van der Waals surface area contributed by atoms with Crippen LogP contribution in [-0.4, -0.2) is 21.5 Å². The number of ketones is 1. The van der Waals surface area contributed by atoms with Crippen molar-refractivity contribution >= 4 is 16.6 Å². The molecule has 14 heavy (non-hydrogen) atoms. The minimum Gasteiger partial charge on any atom is -0.461 e. The lowest BCUT2D eigenvalue weighted by molar-refractivity contribution is 0.0991. The van der Waals surface area contributed by atoms with Crippen molar-refractivity contribution in [1.82, 2.24) is 0 Å². The summed E-state index contributed by atoms with van der Waals surface area (Å²) < 4.78 is 16.3. The van der Waals surface area contributed by atoms with Gasteiger partial charge in [0.15, 0.2) is 5.76 Å². The summed E-state index contributed by atoms with van der Waals surface area (Å²) in [5, 5.41) is 0. The molecular formula is C10H14O3S. The highest BCUT2D eigenvalue weighted by molar-refractivity contribution is 7.85. The maximum absolute atomic E-state index is 11.4. The normalized spacial score (nSPS) is 12.6. The Labute approximate surface area is 86.0 Å². The van der Waals surface area contributed by atoms with Crippen molar-refractivity contribution in [2.75, 3.05) is 11.5 Å². The predicted molar refractivity (Wildman–Crippen MR) is 55.8 cm³/mol. The van der Waals surface area contributed by atoms with E-state index in [1.165, 1.54) is 6.26 Å². The molecule has 0 amide bonds. The number of rotatable bonds is 6. The molecule has 1 aromatic heterocycles. The number of carbonyl (C=O) groups excluding carboxylic acids is 1. The van der Waals surface area contributed by atoms with Crippen LogP contribution in [0, 0.1) is 0 Å². The molecule has 1 rings (SSSR count). The molecule has 4 heteroatoms. The number of Topliss-reactive ketones (excluding diaryl/α,β-unsaturated/α-hetero) is 1. The van der Waals surface area contributed by atoms with Crippen LogP contribution >= 0.6 is 0 Å². The van der Waals surface area contributed by atoms with Crippen LogP contribution in [0.2, 0.25) is 0 Å². The van der Waals surface area contributed by atoms with Gasteiger partial charge in [-0.05, 0) is 18.6 Å². The van der Waals surface area contributed by atoms with Crippen LogP contribution in [0.1, 0.15) is 30.3 Å². The Morgan fingerprint density at radius 3 is 2.93 bits per heavy atom. The number of furan rings is 1. The zero-order valence-electron chi connectivity index (χ0n) is 8.19. The minimum atomic E-state index is -1.04. The molecule has 1 heterocycles. The summed E-state index contributed by atoms with van der Waals surface area (Å²) in [6.45, 7) is 2.03. The molecule has 3 nitrogen and oxygen atoms in total. The summed E-state index contributed by atoms with van der Waals surface area (Å²) in [4.78, 5) is 11.4. The van der Waals surface area contributed by atoms with Crippen molar-refractivity contribution in [2.24, 2.45) is 0 Å². The molecule has 0 aliphatic carbocycles. The molecule has 0 saturated carbocycles. The Kier molecular flexibility index (Phi) is 4.59. The second kappa shape index (κ2) is 5.75. The predicted octanol–water partition coefficient (Wildman–Crippen LogP) is 2.01. The van der Waals surface area contributed by atoms with Gasteiger partial charge in [0, 0.05) is 16.6 Å². The third-order valence-electron chi connectivity index (χ3n) is 1.81. The quantitative estimate of drug-likeness (QED) is 0.680. The van der Waals surface area contributed by atoms with Crippen LogP contribution in [0.5, 0.6) is 0 Å². The molecule has 1 atom stereocenters. The van der Waals surface area contributed by atoms with Gasteiger partial charge in [-0.2, -0.15) is 0 Å². The Morgan fingerprint density at radius 1 is 1.57 bits per heavy atom. The van der Waals surface area contributed by atoms with Crippen molar-refractivity contribution in [3.8, 4) is 0 Å². The molecule has 0 radical (unpaired) electrons. The fourth-order valence-electron chi connectivity index (χ4n) is 1.03. The van der Waals surface area contributed by atoms with Gasteiger partial charge in [-0.15, -0.1) is 0 Å². The number of carbonyl (C=O) groups is 1. The fourth-order valence-corrected chi connectivity index (χ4v) is 2.22. The molecule has 0 aromatic carbocycles. The van der Waals surface area contributed by atoms with Gasteiger partial charge >= 0.3 is 0 Å². The van der Waals surface area contributed by atoms with Crippen molar-refractivity contribution in [1.29, 1.82) is 0 Å². The van der Waals surface area contributed by atoms with Gasteiger partial charge in [-0.25, -0.2) is 0 Å². The molecule has 1 aromatic rings. The van der Waals surface area contributed by atoms with E-state index in [0.717, 1.165) is 12.8 Å². The molecule has 0 spiro atoms. The second-order valence-electron chi connectivity index (χ2n) is 3.04. The van der Waals surface area contributed by atoms with Gasteiger partial charge in [0.1, 0.15) is 0 Å². The van der Waals surface area contributed by atoms with E-state index in [1.807, 2.05) is 6.92 Å². The van der Waals surface area contributed by atoms with E-state index < -0.39 is 10.8 Å². The van der Waals surface area contributed by atoms with Crippen LogP contribution in [-0.2, 0) is 10.8 Å². The largest absolute Gasteiger partial charge is 0.461 e. The number of unbranched alkanes of at least 4 members (excludes halogenated alkanes) is 1. The topological polar surface area (TPSA) is 47.3 Å². The van der Waals surface area contributed by atoms with E-state index in [0.29, 0.717) is 11.5 Å². The van der Waals surface area contributed by atoms with Crippen LogP contribution in [0.4, 0.5) is 0 Å². The SMILES string of the molecule is CCCCS(=O)CC(=O)c1ccco1. The van der Waals surface area contributed by atoms with Crippen molar-refractivity contribution < 1.29 is 13.4 Å². The average Bonchev–Trinajstić information content (AvgIpc) is 2.67. The summed E-state index contributed by atoms with van der Waals surface area (Å²) >= 11 is 0. The second-order valence-corrected chi connectivity index (χ2v) is 4.62. The van der Waals surface area contributed by atoms with E-state index in [-0.39, 0.29) is 11.5 Å². The third kappa shape index (κ3) is 3.46. The third-order valence-corrected chi connectivity index (χ3v) is 3.14. The average molecular weight is 214 g/mol. The summed E-state index contributed by atoms with van der Waals surface area (Å²) in [6, 6.07) is 3.25. The van der Waals surface area contributed by atoms with E-state index >= 15 is 0 Å². The van der Waals surface area contributed by atoms with Gasteiger partial charge in [0.2, 0.25) is 5.78 Å². The molecule has 0 saturated heterocycles. The number of hydrogen-bond donors (Lipinski definition) is 0. The standard InChI is InChI=1S/C10H14O3S/c1-2-3-7-14(12)8-9(11)10-5-4-6-13-10/h4-6H,2-3,7-8H2,1H3. The molecule has 0 N–H and O–H groups in total. The maximum Gasteiger partial charge on any atom is 0.210 e. The fraction of sp³-hybridized carbons (Fsp3) is 0.500. The summed E-state index contributed by atoms with van der Waals surface area (Å²) in [5.41, 5.74) is 0. The summed E-state index contributed by atoms with van der Waals surface area (Å²) in [7, 11) is -1.04. The zero-order chi connectivity index (χ0) is 10.4. The van der Waals surface area contributed by atoms with Crippen LogP contribution in [0.15, 0.2) is 22.8 Å². The lowest BCUT2D eigenvalue weighted by Crippen LogP contribution is -2.12. The van der Waals surface area contributed by atoms with Crippen molar-refractivity contribution in [3.63, 3.8) is 0 Å². The summed E-state index contributed by atoms with van der Waals surface area (Å²) in [6.07, 6.45) is 3.35. The monoisotopic (exact) mass is 214 g/mol. The van der Waals surface area contributed by atoms with Gasteiger partial charge < -0.3 is 4.42 Å². The first-order chi connectivity index (χ1) is 6.74. The minimum absolute atomic E-state index is 0.0769. The van der Waals surface area contributed by atoms with E-state index in [4.69, 9.17) is 4.42 Å². The van der Waals surface area contributed by atoms with Gasteiger partial charge in [-0.3, -0.25) is 9.00 Å². The van der Waals surface area contributed by atoms with Crippen molar-refractivity contribution in [2.45, 2.75) is 19.8 Å². The molecule has 0 fully saturated rings. The Balaban J connectivity index is 2.38. The Hall–Kier alpha value is -0.900. The lowest BCUT2D eigenvalue weighted by Gasteiger charge is -1.98. The molecule has 0 aliphatic rings. The van der Waals surface area contributed by atoms with Gasteiger partial charge in [-0.1, -0.05) is 13.3 Å². The van der Waals surface area contributed by atoms with Crippen LogP contribution in [0.3, 0.4) is 0 Å². The molecule has 1 unspecified atom stereocenters. The first kappa shape index (κ1) is 11.2. The van der Waals surface area contributed by atoms with Crippen molar-refractivity contribution in [3.05, 3.63) is 24.2 Å². The Bertz CT molecular complexity index is 303. The molecule has 78 valence electrons. The summed E-state index contributed by atoms with van der Waals surface area (Å²) in [5.74, 6) is 0.801. The van der Waals surface area contributed by atoms with Crippen LogP contribution < -0.4 is 0 Å². The first-order valence-electron chi connectivity index (χ1n) is 4.65. The Morgan fingerprint density at radius 2 is 2.36 bits per heavy atom. The number of hydrogen-bond acceptors (Lipinski definition) is 3. The zero-order valence-corrected chi connectivity index (χ0v) is 9.01.